The number of benzene rings is 1. The molecule has 0 amide bonds. The molecular formula is C15H11FNOS2+. The molecule has 2 nitrogen and oxygen atoms in total. The van der Waals surface area contributed by atoms with Crippen molar-refractivity contribution in [3.8, 4) is 0 Å². The lowest BCUT2D eigenvalue weighted by atomic mass is 10.1. The Morgan fingerprint density at radius 1 is 1.30 bits per heavy atom. The fraction of sp³-hybridized carbons (Fsp3) is 0.133. The minimum Gasteiger partial charge on any atom is -0.462 e. The van der Waals surface area contributed by atoms with Crippen LogP contribution in [0.2, 0.25) is 0 Å². The number of rotatable bonds is 1. The smallest absolute Gasteiger partial charge is 0.359 e. The van der Waals surface area contributed by atoms with Crippen molar-refractivity contribution in [3.05, 3.63) is 56.8 Å². The third-order valence-electron chi connectivity index (χ3n) is 3.52. The minimum atomic E-state index is -0.269. The van der Waals surface area contributed by atoms with Crippen LogP contribution in [0.1, 0.15) is 10.8 Å². The number of hydrogen-bond donors (Lipinski definition) is 1. The van der Waals surface area contributed by atoms with Gasteiger partial charge in [0.05, 0.1) is 0 Å². The normalized spacial score (nSPS) is 20.6. The molecule has 2 aliphatic rings. The maximum absolute atomic E-state index is 13.4. The molecule has 0 fully saturated rings. The molecule has 5 heteroatoms. The van der Waals surface area contributed by atoms with Crippen LogP contribution in [-0.4, -0.2) is 22.1 Å². The van der Waals surface area contributed by atoms with E-state index in [1.165, 1.54) is 21.9 Å². The second-order valence-corrected chi connectivity index (χ2v) is 6.75. The van der Waals surface area contributed by atoms with E-state index in [-0.39, 0.29) is 11.1 Å². The number of fused-ring (bicyclic) bond motifs is 2. The Balaban J connectivity index is 1.88. The Hall–Kier alpha value is -1.59. The standard InChI is InChI=1S/C15H10FNOS2/c16-11-3-1-2-10(8-11)12-14(18)17-6-4-9-5-7-19-13(9)15(17)20-12/h1-5,7-8,12H,6H2/p+1. The molecule has 1 aromatic carbocycles. The second kappa shape index (κ2) is 4.46. The molecule has 1 atom stereocenters. The minimum absolute atomic E-state index is 0.220. The van der Waals surface area contributed by atoms with Crippen molar-refractivity contribution in [2.45, 2.75) is 5.25 Å². The van der Waals surface area contributed by atoms with E-state index >= 15 is 0 Å². The summed E-state index contributed by atoms with van der Waals surface area (Å²) in [4.78, 5) is 0. The van der Waals surface area contributed by atoms with Gasteiger partial charge in [0.2, 0.25) is 0 Å². The maximum atomic E-state index is 13.4. The van der Waals surface area contributed by atoms with Gasteiger partial charge < -0.3 is 5.11 Å². The van der Waals surface area contributed by atoms with Crippen LogP contribution >= 0.6 is 23.1 Å². The summed E-state index contributed by atoms with van der Waals surface area (Å²) in [6.07, 6.45) is 2.11. The lowest BCUT2D eigenvalue weighted by Gasteiger charge is -2.03. The number of hydrogen-bond acceptors (Lipinski definition) is 2. The maximum Gasteiger partial charge on any atom is 0.359 e. The highest BCUT2D eigenvalue weighted by Crippen LogP contribution is 2.42. The van der Waals surface area contributed by atoms with Gasteiger partial charge in [-0.1, -0.05) is 12.1 Å². The SMILES string of the molecule is OC1=[N+]2CC=c3ccsc3=C2SC1c1cccc(F)c1. The first-order valence-electron chi connectivity index (χ1n) is 6.27. The average Bonchev–Trinajstić information content (AvgIpc) is 3.03. The van der Waals surface area contributed by atoms with Crippen molar-refractivity contribution in [3.63, 3.8) is 0 Å². The number of halogens is 1. The highest BCUT2D eigenvalue weighted by atomic mass is 32.2. The predicted molar refractivity (Wildman–Crippen MR) is 80.9 cm³/mol. The first-order chi connectivity index (χ1) is 9.74. The van der Waals surface area contributed by atoms with Crippen molar-refractivity contribution in [1.29, 1.82) is 0 Å². The Morgan fingerprint density at radius 3 is 3.05 bits per heavy atom. The number of aliphatic hydroxyl groups excluding tert-OH is 1. The van der Waals surface area contributed by atoms with E-state index in [4.69, 9.17) is 0 Å². The zero-order valence-corrected chi connectivity index (χ0v) is 12.0. The summed E-state index contributed by atoms with van der Waals surface area (Å²) in [7, 11) is 0. The molecule has 0 saturated carbocycles. The van der Waals surface area contributed by atoms with E-state index in [0.29, 0.717) is 12.4 Å². The highest BCUT2D eigenvalue weighted by Gasteiger charge is 2.41. The Kier molecular flexibility index (Phi) is 2.72. The van der Waals surface area contributed by atoms with E-state index in [0.717, 1.165) is 10.6 Å². The van der Waals surface area contributed by atoms with Crippen LogP contribution in [0.3, 0.4) is 0 Å². The van der Waals surface area contributed by atoms with Crippen molar-refractivity contribution in [1.82, 2.24) is 0 Å². The molecule has 0 aliphatic carbocycles. The summed E-state index contributed by atoms with van der Waals surface area (Å²) in [5.41, 5.74) is 0.799. The lowest BCUT2D eigenvalue weighted by Crippen LogP contribution is -2.31. The summed E-state index contributed by atoms with van der Waals surface area (Å²) < 4.78 is 16.5. The summed E-state index contributed by atoms with van der Waals surface area (Å²) in [5.74, 6) is 0.0278. The molecule has 2 aliphatic heterocycles. The summed E-state index contributed by atoms with van der Waals surface area (Å²) in [5, 5.41) is 14.6. The van der Waals surface area contributed by atoms with Crippen molar-refractivity contribution < 1.29 is 14.1 Å². The predicted octanol–water partition coefficient (Wildman–Crippen LogP) is 2.20. The molecule has 100 valence electrons. The summed E-state index contributed by atoms with van der Waals surface area (Å²) in [6.45, 7) is 0.670. The molecule has 0 bridgehead atoms. The van der Waals surface area contributed by atoms with Gasteiger partial charge in [-0.3, -0.25) is 0 Å². The highest BCUT2D eigenvalue weighted by molar-refractivity contribution is 8.08. The molecule has 1 aromatic heterocycles. The van der Waals surface area contributed by atoms with Crippen LogP contribution in [0.5, 0.6) is 0 Å². The first-order valence-corrected chi connectivity index (χ1v) is 8.03. The third kappa shape index (κ3) is 1.73. The van der Waals surface area contributed by atoms with E-state index in [2.05, 4.69) is 17.5 Å². The molecule has 0 saturated heterocycles. The second-order valence-electron chi connectivity index (χ2n) is 4.74. The van der Waals surface area contributed by atoms with Crippen LogP contribution in [0, 0.1) is 5.82 Å². The first kappa shape index (κ1) is 12.2. The van der Waals surface area contributed by atoms with Gasteiger partial charge in [-0.2, -0.15) is 4.58 Å². The van der Waals surface area contributed by atoms with Gasteiger partial charge in [0, 0.05) is 5.22 Å². The Bertz CT molecular complexity index is 853. The van der Waals surface area contributed by atoms with Gasteiger partial charge in [0.25, 0.3) is 5.03 Å². The number of thiophene rings is 1. The van der Waals surface area contributed by atoms with Crippen LogP contribution in [0.15, 0.2) is 35.7 Å². The fourth-order valence-electron chi connectivity index (χ4n) is 2.56. The van der Waals surface area contributed by atoms with Gasteiger partial charge >= 0.3 is 5.90 Å². The van der Waals surface area contributed by atoms with E-state index in [1.807, 2.05) is 10.6 Å². The number of thioether (sulfide) groups is 1. The topological polar surface area (TPSA) is 23.2 Å². The monoisotopic (exact) mass is 304 g/mol. The fourth-order valence-corrected chi connectivity index (χ4v) is 4.95. The van der Waals surface area contributed by atoms with Crippen molar-refractivity contribution in [2.75, 3.05) is 6.54 Å². The molecule has 2 aromatic rings. The zero-order valence-electron chi connectivity index (χ0n) is 10.4. The molecule has 1 unspecified atom stereocenters. The van der Waals surface area contributed by atoms with Crippen molar-refractivity contribution in [2.24, 2.45) is 0 Å². The van der Waals surface area contributed by atoms with E-state index in [9.17, 15) is 9.50 Å². The molecular weight excluding hydrogens is 293 g/mol. The largest absolute Gasteiger partial charge is 0.462 e. The quantitative estimate of drug-likeness (QED) is 0.817. The van der Waals surface area contributed by atoms with Gasteiger partial charge in [0.1, 0.15) is 10.3 Å². The van der Waals surface area contributed by atoms with Gasteiger partial charge in [-0.15, -0.1) is 11.3 Å². The number of aliphatic hydroxyl groups is 1. The number of nitrogens with zero attached hydrogens (tertiary/aromatic N) is 1. The van der Waals surface area contributed by atoms with Crippen molar-refractivity contribution >= 4 is 40.1 Å². The van der Waals surface area contributed by atoms with Crippen LogP contribution in [-0.2, 0) is 0 Å². The zero-order chi connectivity index (χ0) is 13.7. The molecule has 1 N–H and O–H groups in total. The van der Waals surface area contributed by atoms with Crippen LogP contribution in [0.25, 0.3) is 11.1 Å². The molecule has 0 radical (unpaired) electrons. The van der Waals surface area contributed by atoms with Crippen LogP contribution < -0.4 is 9.75 Å². The van der Waals surface area contributed by atoms with Gasteiger partial charge in [-0.05, 0) is 47.0 Å². The lowest BCUT2D eigenvalue weighted by molar-refractivity contribution is -0.419. The molecule has 3 heterocycles. The summed E-state index contributed by atoms with van der Waals surface area (Å²) >= 11 is 3.27. The van der Waals surface area contributed by atoms with Crippen LogP contribution in [0.4, 0.5) is 4.39 Å². The molecule has 20 heavy (non-hydrogen) atoms. The molecule has 0 spiro atoms. The summed E-state index contributed by atoms with van der Waals surface area (Å²) in [6, 6.07) is 8.55. The average molecular weight is 304 g/mol. The third-order valence-corrected chi connectivity index (χ3v) is 5.95. The van der Waals surface area contributed by atoms with E-state index in [1.54, 1.807) is 29.2 Å². The van der Waals surface area contributed by atoms with E-state index < -0.39 is 0 Å². The Morgan fingerprint density at radius 2 is 2.20 bits per heavy atom. The van der Waals surface area contributed by atoms with Gasteiger partial charge in [0.15, 0.2) is 11.8 Å². The Labute approximate surface area is 123 Å². The van der Waals surface area contributed by atoms with Gasteiger partial charge in [-0.25, -0.2) is 4.39 Å². The molecule has 4 rings (SSSR count).